The maximum absolute atomic E-state index is 13.2. The number of nitrogens with zero attached hydrogens (tertiary/aromatic N) is 1. The highest BCUT2D eigenvalue weighted by Gasteiger charge is 2.15. The summed E-state index contributed by atoms with van der Waals surface area (Å²) in [5.41, 5.74) is 6.59. The molecule has 6 heteroatoms. The van der Waals surface area contributed by atoms with Crippen LogP contribution in [0.25, 0.3) is 23.1 Å². The molecule has 3 N–H and O–H groups in total. The minimum absolute atomic E-state index is 0.132. The molecule has 2 heterocycles. The number of aryl methyl sites for hydroxylation is 2. The lowest BCUT2D eigenvalue weighted by molar-refractivity contribution is 0.102. The maximum atomic E-state index is 13.2. The van der Waals surface area contributed by atoms with Crippen molar-refractivity contribution in [2.75, 3.05) is 5.32 Å². The van der Waals surface area contributed by atoms with E-state index < -0.39 is 0 Å². The van der Waals surface area contributed by atoms with Crippen LogP contribution in [0.2, 0.25) is 0 Å². The van der Waals surface area contributed by atoms with Crippen molar-refractivity contribution in [2.45, 2.75) is 13.8 Å². The van der Waals surface area contributed by atoms with Crippen molar-refractivity contribution in [1.29, 1.82) is 0 Å². The summed E-state index contributed by atoms with van der Waals surface area (Å²) in [7, 11) is 0. The van der Waals surface area contributed by atoms with Crippen LogP contribution in [0.1, 0.15) is 48.9 Å². The van der Waals surface area contributed by atoms with Crippen molar-refractivity contribution in [1.82, 2.24) is 15.2 Å². The first-order valence-corrected chi connectivity index (χ1v) is 11.3. The molecule has 0 bridgehead atoms. The number of fused-ring (bicyclic) bond motifs is 1. The van der Waals surface area contributed by atoms with Crippen LogP contribution in [-0.4, -0.2) is 26.9 Å². The molecule has 0 saturated carbocycles. The Labute approximate surface area is 202 Å². The number of carbonyl (C=O) groups is 2. The molecule has 35 heavy (non-hydrogen) atoms. The number of hydrogen-bond donors (Lipinski definition) is 3. The number of aromatic amines is 2. The van der Waals surface area contributed by atoms with Gasteiger partial charge in [-0.15, -0.1) is 0 Å². The number of anilines is 1. The van der Waals surface area contributed by atoms with Crippen LogP contribution in [0.5, 0.6) is 0 Å². The van der Waals surface area contributed by atoms with E-state index in [0.29, 0.717) is 22.4 Å². The zero-order chi connectivity index (χ0) is 24.4. The second-order valence-electron chi connectivity index (χ2n) is 8.47. The second-order valence-corrected chi connectivity index (χ2v) is 8.47. The normalized spacial score (nSPS) is 11.3. The zero-order valence-corrected chi connectivity index (χ0v) is 19.4. The van der Waals surface area contributed by atoms with Gasteiger partial charge in [0.2, 0.25) is 0 Å². The average molecular weight is 461 g/mol. The molecule has 5 aromatic rings. The Hall–Kier alpha value is -4.71. The average Bonchev–Trinajstić information content (AvgIpc) is 3.44. The SMILES string of the molecule is Cc1cc(C(=O)Nc2cccc(C(=O)c3ccc4c(/C=C/c5ccccc5)n[nH]c4c3)c2)c(C)[nH]1. The Morgan fingerprint density at radius 1 is 0.857 bits per heavy atom. The maximum Gasteiger partial charge on any atom is 0.257 e. The zero-order valence-electron chi connectivity index (χ0n) is 19.4. The molecule has 0 aliphatic carbocycles. The lowest BCUT2D eigenvalue weighted by Crippen LogP contribution is -2.13. The van der Waals surface area contributed by atoms with Crippen molar-refractivity contribution in [3.63, 3.8) is 0 Å². The molecule has 0 aliphatic rings. The molecule has 2 aromatic heterocycles. The molecule has 0 radical (unpaired) electrons. The van der Waals surface area contributed by atoms with E-state index in [1.54, 1.807) is 30.3 Å². The van der Waals surface area contributed by atoms with E-state index in [-0.39, 0.29) is 11.7 Å². The van der Waals surface area contributed by atoms with Crippen molar-refractivity contribution in [2.24, 2.45) is 0 Å². The van der Waals surface area contributed by atoms with Crippen LogP contribution in [-0.2, 0) is 0 Å². The van der Waals surface area contributed by atoms with E-state index in [1.165, 1.54) is 0 Å². The summed E-state index contributed by atoms with van der Waals surface area (Å²) < 4.78 is 0. The highest BCUT2D eigenvalue weighted by Crippen LogP contribution is 2.23. The standard InChI is InChI=1S/C29H24N4O2/c1-18-15-25(19(2)30-18)29(35)31-23-10-6-9-21(16-23)28(34)22-12-13-24-26(32-33-27(24)17-22)14-11-20-7-4-3-5-8-20/h3-17,30H,1-2H3,(H,31,35)(H,32,33)/b14-11+. The van der Waals surface area contributed by atoms with Crippen LogP contribution >= 0.6 is 0 Å². The van der Waals surface area contributed by atoms with Crippen molar-refractivity contribution < 1.29 is 9.59 Å². The van der Waals surface area contributed by atoms with Gasteiger partial charge in [0.15, 0.2) is 5.78 Å². The first kappa shape index (κ1) is 22.1. The Bertz CT molecular complexity index is 1580. The van der Waals surface area contributed by atoms with Crippen molar-refractivity contribution in [3.8, 4) is 0 Å². The molecule has 6 nitrogen and oxygen atoms in total. The molecule has 172 valence electrons. The van der Waals surface area contributed by atoms with Crippen molar-refractivity contribution in [3.05, 3.63) is 118 Å². The molecule has 0 spiro atoms. The van der Waals surface area contributed by atoms with Gasteiger partial charge in [-0.2, -0.15) is 5.10 Å². The lowest BCUT2D eigenvalue weighted by Gasteiger charge is -2.07. The van der Waals surface area contributed by atoms with Gasteiger partial charge in [-0.3, -0.25) is 14.7 Å². The fourth-order valence-corrected chi connectivity index (χ4v) is 4.11. The van der Waals surface area contributed by atoms with Crippen molar-refractivity contribution >= 4 is 40.4 Å². The fourth-order valence-electron chi connectivity index (χ4n) is 4.11. The summed E-state index contributed by atoms with van der Waals surface area (Å²) in [4.78, 5) is 29.0. The first-order chi connectivity index (χ1) is 17.0. The summed E-state index contributed by atoms with van der Waals surface area (Å²) in [6.45, 7) is 3.76. The molecule has 1 amide bonds. The third-order valence-electron chi connectivity index (χ3n) is 5.86. The minimum Gasteiger partial charge on any atom is -0.362 e. The monoisotopic (exact) mass is 460 g/mol. The summed E-state index contributed by atoms with van der Waals surface area (Å²) in [5, 5.41) is 11.2. The number of ketones is 1. The molecule has 0 saturated heterocycles. The van der Waals surface area contributed by atoms with Crippen LogP contribution in [0.3, 0.4) is 0 Å². The number of carbonyl (C=O) groups excluding carboxylic acids is 2. The highest BCUT2D eigenvalue weighted by atomic mass is 16.1. The smallest absolute Gasteiger partial charge is 0.257 e. The van der Waals surface area contributed by atoms with Gasteiger partial charge in [0.1, 0.15) is 0 Å². The van der Waals surface area contributed by atoms with Gasteiger partial charge in [0, 0.05) is 33.6 Å². The summed E-state index contributed by atoms with van der Waals surface area (Å²) in [6.07, 6.45) is 3.96. The molecule has 3 aromatic carbocycles. The third kappa shape index (κ3) is 4.68. The summed E-state index contributed by atoms with van der Waals surface area (Å²) >= 11 is 0. The van der Waals surface area contributed by atoms with E-state index in [9.17, 15) is 9.59 Å². The number of hydrogen-bond acceptors (Lipinski definition) is 3. The van der Waals surface area contributed by atoms with E-state index >= 15 is 0 Å². The predicted molar refractivity (Wildman–Crippen MR) is 140 cm³/mol. The Morgan fingerprint density at radius 2 is 1.66 bits per heavy atom. The number of H-pyrrole nitrogens is 2. The number of aromatic nitrogens is 3. The number of amides is 1. The van der Waals surface area contributed by atoms with Crippen LogP contribution in [0.4, 0.5) is 5.69 Å². The first-order valence-electron chi connectivity index (χ1n) is 11.3. The van der Waals surface area contributed by atoms with E-state index in [0.717, 1.165) is 33.5 Å². The van der Waals surface area contributed by atoms with Gasteiger partial charge in [0.05, 0.1) is 16.8 Å². The van der Waals surface area contributed by atoms with Gasteiger partial charge in [-0.05, 0) is 55.8 Å². The van der Waals surface area contributed by atoms with Crippen LogP contribution in [0.15, 0.2) is 78.9 Å². The van der Waals surface area contributed by atoms with E-state index in [2.05, 4.69) is 20.5 Å². The quantitative estimate of drug-likeness (QED) is 0.265. The highest BCUT2D eigenvalue weighted by molar-refractivity contribution is 6.12. The Balaban J connectivity index is 1.36. The minimum atomic E-state index is -0.216. The molecular formula is C29H24N4O2. The summed E-state index contributed by atoms with van der Waals surface area (Å²) in [6, 6.07) is 24.3. The van der Waals surface area contributed by atoms with Gasteiger partial charge in [0.25, 0.3) is 5.91 Å². The summed E-state index contributed by atoms with van der Waals surface area (Å²) in [5.74, 6) is -0.348. The predicted octanol–water partition coefficient (Wildman–Crippen LogP) is 6.16. The Kier molecular flexibility index (Phi) is 5.85. The number of rotatable bonds is 6. The Morgan fingerprint density at radius 3 is 2.43 bits per heavy atom. The van der Waals surface area contributed by atoms with Gasteiger partial charge in [-0.1, -0.05) is 54.6 Å². The van der Waals surface area contributed by atoms with E-state index in [4.69, 9.17) is 0 Å². The van der Waals surface area contributed by atoms with Crippen LogP contribution in [0, 0.1) is 13.8 Å². The molecule has 0 fully saturated rings. The molecular weight excluding hydrogens is 436 g/mol. The van der Waals surface area contributed by atoms with Gasteiger partial charge < -0.3 is 10.3 Å². The van der Waals surface area contributed by atoms with Crippen LogP contribution < -0.4 is 5.32 Å². The van der Waals surface area contributed by atoms with Gasteiger partial charge in [-0.25, -0.2) is 0 Å². The molecule has 0 unspecified atom stereocenters. The molecule has 0 aliphatic heterocycles. The fraction of sp³-hybridized carbons (Fsp3) is 0.0690. The molecule has 0 atom stereocenters. The topological polar surface area (TPSA) is 90.6 Å². The number of nitrogens with one attached hydrogen (secondary N) is 3. The van der Waals surface area contributed by atoms with Gasteiger partial charge >= 0.3 is 0 Å². The largest absolute Gasteiger partial charge is 0.362 e. The molecule has 5 rings (SSSR count). The number of benzene rings is 3. The lowest BCUT2D eigenvalue weighted by atomic mass is 10.0. The van der Waals surface area contributed by atoms with E-state index in [1.807, 2.05) is 74.5 Å². The second kappa shape index (κ2) is 9.27. The third-order valence-corrected chi connectivity index (χ3v) is 5.86.